The number of esters is 1. The van der Waals surface area contributed by atoms with Gasteiger partial charge in [0.15, 0.2) is 11.5 Å². The number of rotatable bonds is 10. The molecule has 1 N–H and O–H groups in total. The lowest BCUT2D eigenvalue weighted by atomic mass is 10.1. The molecule has 0 radical (unpaired) electrons. The molecule has 1 atom stereocenters. The zero-order chi connectivity index (χ0) is 16.4. The van der Waals surface area contributed by atoms with Gasteiger partial charge in [-0.25, -0.2) is 0 Å². The molecular formula is C18H28O4. The SMILES string of the molecule is CCCCCCCCC(=O)OC(C)c1ccc(OC)c(O)c1. The van der Waals surface area contributed by atoms with E-state index in [-0.39, 0.29) is 17.8 Å². The van der Waals surface area contributed by atoms with E-state index < -0.39 is 0 Å². The van der Waals surface area contributed by atoms with E-state index in [0.29, 0.717) is 12.2 Å². The van der Waals surface area contributed by atoms with E-state index in [9.17, 15) is 9.90 Å². The number of methoxy groups -OCH3 is 1. The van der Waals surface area contributed by atoms with Crippen LogP contribution in [0.4, 0.5) is 0 Å². The third kappa shape index (κ3) is 6.37. The van der Waals surface area contributed by atoms with Gasteiger partial charge in [-0.15, -0.1) is 0 Å². The van der Waals surface area contributed by atoms with Crippen LogP contribution in [0.2, 0.25) is 0 Å². The van der Waals surface area contributed by atoms with Crippen molar-refractivity contribution in [2.24, 2.45) is 0 Å². The van der Waals surface area contributed by atoms with Crippen molar-refractivity contribution in [3.8, 4) is 11.5 Å². The molecule has 0 aliphatic carbocycles. The zero-order valence-electron chi connectivity index (χ0n) is 13.9. The van der Waals surface area contributed by atoms with Crippen molar-refractivity contribution < 1.29 is 19.4 Å². The standard InChI is InChI=1S/C18H28O4/c1-4-5-6-7-8-9-10-18(20)22-14(2)15-11-12-17(21-3)16(19)13-15/h11-14,19H,4-10H2,1-3H3. The van der Waals surface area contributed by atoms with Crippen molar-refractivity contribution in [1.82, 2.24) is 0 Å². The minimum Gasteiger partial charge on any atom is -0.504 e. The lowest BCUT2D eigenvalue weighted by Gasteiger charge is -2.15. The Morgan fingerprint density at radius 2 is 1.86 bits per heavy atom. The third-order valence-electron chi connectivity index (χ3n) is 3.72. The maximum absolute atomic E-state index is 11.8. The van der Waals surface area contributed by atoms with Crippen molar-refractivity contribution in [3.05, 3.63) is 23.8 Å². The summed E-state index contributed by atoms with van der Waals surface area (Å²) in [6.07, 6.45) is 6.96. The van der Waals surface area contributed by atoms with E-state index in [1.54, 1.807) is 25.1 Å². The number of carbonyl (C=O) groups is 1. The van der Waals surface area contributed by atoms with E-state index in [0.717, 1.165) is 18.4 Å². The Bertz CT molecular complexity index is 456. The molecule has 1 aromatic rings. The van der Waals surface area contributed by atoms with Gasteiger partial charge < -0.3 is 14.6 Å². The Morgan fingerprint density at radius 3 is 2.50 bits per heavy atom. The third-order valence-corrected chi connectivity index (χ3v) is 3.72. The van der Waals surface area contributed by atoms with Crippen LogP contribution in [-0.2, 0) is 9.53 Å². The van der Waals surface area contributed by atoms with Gasteiger partial charge in [-0.05, 0) is 31.0 Å². The Balaban J connectivity index is 2.33. The first-order chi connectivity index (χ1) is 10.6. The summed E-state index contributed by atoms with van der Waals surface area (Å²) in [6.45, 7) is 4.00. The van der Waals surface area contributed by atoms with E-state index >= 15 is 0 Å². The molecule has 1 aromatic carbocycles. The minimum atomic E-state index is -0.371. The molecule has 1 unspecified atom stereocenters. The lowest BCUT2D eigenvalue weighted by Crippen LogP contribution is -2.08. The lowest BCUT2D eigenvalue weighted by molar-refractivity contribution is -0.148. The highest BCUT2D eigenvalue weighted by Crippen LogP contribution is 2.30. The highest BCUT2D eigenvalue weighted by Gasteiger charge is 2.13. The number of aromatic hydroxyl groups is 1. The average Bonchev–Trinajstić information content (AvgIpc) is 2.50. The quantitative estimate of drug-likeness (QED) is 0.500. The van der Waals surface area contributed by atoms with Crippen LogP contribution in [0.25, 0.3) is 0 Å². The van der Waals surface area contributed by atoms with E-state index in [4.69, 9.17) is 9.47 Å². The Kier molecular flexibility index (Phi) is 8.41. The first-order valence-corrected chi connectivity index (χ1v) is 8.14. The van der Waals surface area contributed by atoms with Crippen LogP contribution >= 0.6 is 0 Å². The number of hydrogen-bond acceptors (Lipinski definition) is 4. The molecule has 124 valence electrons. The molecule has 22 heavy (non-hydrogen) atoms. The van der Waals surface area contributed by atoms with Crippen molar-refractivity contribution in [3.63, 3.8) is 0 Å². The molecule has 0 heterocycles. The summed E-state index contributed by atoms with van der Waals surface area (Å²) in [4.78, 5) is 11.8. The molecule has 0 amide bonds. The molecule has 0 fully saturated rings. The fraction of sp³-hybridized carbons (Fsp3) is 0.611. The predicted octanol–water partition coefficient (Wildman–Crippen LogP) is 4.76. The first kappa shape index (κ1) is 18.3. The van der Waals surface area contributed by atoms with Crippen LogP contribution < -0.4 is 4.74 Å². The van der Waals surface area contributed by atoms with Gasteiger partial charge in [0, 0.05) is 6.42 Å². The summed E-state index contributed by atoms with van der Waals surface area (Å²) < 4.78 is 10.4. The predicted molar refractivity (Wildman–Crippen MR) is 87.2 cm³/mol. The van der Waals surface area contributed by atoms with Gasteiger partial charge in [0.1, 0.15) is 6.10 Å². The number of unbranched alkanes of at least 4 members (excludes halogenated alkanes) is 5. The minimum absolute atomic E-state index is 0.0545. The monoisotopic (exact) mass is 308 g/mol. The molecular weight excluding hydrogens is 280 g/mol. The molecule has 0 aromatic heterocycles. The Labute approximate surface area is 133 Å². The summed E-state index contributed by atoms with van der Waals surface area (Å²) in [5, 5.41) is 9.75. The van der Waals surface area contributed by atoms with Gasteiger partial charge in [-0.1, -0.05) is 45.1 Å². The van der Waals surface area contributed by atoms with Crippen molar-refractivity contribution >= 4 is 5.97 Å². The normalized spacial score (nSPS) is 12.0. The molecule has 0 saturated heterocycles. The largest absolute Gasteiger partial charge is 0.504 e. The Morgan fingerprint density at radius 1 is 1.18 bits per heavy atom. The van der Waals surface area contributed by atoms with Gasteiger partial charge in [0.05, 0.1) is 7.11 Å². The van der Waals surface area contributed by atoms with Crippen LogP contribution in [-0.4, -0.2) is 18.2 Å². The molecule has 4 nitrogen and oxygen atoms in total. The Hall–Kier alpha value is -1.71. The maximum atomic E-state index is 11.8. The number of hydrogen-bond donors (Lipinski definition) is 1. The molecule has 0 aliphatic heterocycles. The summed E-state index contributed by atoms with van der Waals surface area (Å²) in [5.41, 5.74) is 0.759. The maximum Gasteiger partial charge on any atom is 0.306 e. The second-order valence-corrected chi connectivity index (χ2v) is 5.58. The number of ether oxygens (including phenoxy) is 2. The molecule has 0 bridgehead atoms. The smallest absolute Gasteiger partial charge is 0.306 e. The van der Waals surface area contributed by atoms with Crippen molar-refractivity contribution in [2.45, 2.75) is 64.9 Å². The number of phenols is 1. The van der Waals surface area contributed by atoms with Gasteiger partial charge in [0.2, 0.25) is 0 Å². The van der Waals surface area contributed by atoms with Gasteiger partial charge in [-0.2, -0.15) is 0 Å². The van der Waals surface area contributed by atoms with Crippen LogP contribution in [0.15, 0.2) is 18.2 Å². The van der Waals surface area contributed by atoms with Gasteiger partial charge in [0.25, 0.3) is 0 Å². The van der Waals surface area contributed by atoms with Gasteiger partial charge >= 0.3 is 5.97 Å². The molecule has 1 rings (SSSR count). The number of carbonyl (C=O) groups excluding carboxylic acids is 1. The first-order valence-electron chi connectivity index (χ1n) is 8.14. The number of benzene rings is 1. The zero-order valence-corrected chi connectivity index (χ0v) is 13.9. The van der Waals surface area contributed by atoms with Crippen LogP contribution in [0.3, 0.4) is 0 Å². The summed E-state index contributed by atoms with van der Waals surface area (Å²) in [5.74, 6) is 0.284. The summed E-state index contributed by atoms with van der Waals surface area (Å²) in [6, 6.07) is 5.03. The summed E-state index contributed by atoms with van der Waals surface area (Å²) >= 11 is 0. The second-order valence-electron chi connectivity index (χ2n) is 5.58. The molecule has 4 heteroatoms. The van der Waals surface area contributed by atoms with Gasteiger partial charge in [-0.3, -0.25) is 4.79 Å². The highest BCUT2D eigenvalue weighted by molar-refractivity contribution is 5.69. The van der Waals surface area contributed by atoms with E-state index in [1.807, 2.05) is 0 Å². The average molecular weight is 308 g/mol. The second kappa shape index (κ2) is 10.1. The fourth-order valence-electron chi connectivity index (χ4n) is 2.33. The molecule has 0 spiro atoms. The van der Waals surface area contributed by atoms with Crippen LogP contribution in [0.1, 0.15) is 70.5 Å². The number of phenolic OH excluding ortho intramolecular Hbond substituents is 1. The van der Waals surface area contributed by atoms with Crippen molar-refractivity contribution in [2.75, 3.05) is 7.11 Å². The van der Waals surface area contributed by atoms with E-state index in [1.165, 1.54) is 32.8 Å². The van der Waals surface area contributed by atoms with Crippen LogP contribution in [0, 0.1) is 0 Å². The topological polar surface area (TPSA) is 55.8 Å². The molecule has 0 aliphatic rings. The molecule has 0 saturated carbocycles. The van der Waals surface area contributed by atoms with E-state index in [2.05, 4.69) is 6.92 Å². The highest BCUT2D eigenvalue weighted by atomic mass is 16.5. The van der Waals surface area contributed by atoms with Crippen molar-refractivity contribution in [1.29, 1.82) is 0 Å². The fourth-order valence-corrected chi connectivity index (χ4v) is 2.33. The summed E-state index contributed by atoms with van der Waals surface area (Å²) in [7, 11) is 1.50. The van der Waals surface area contributed by atoms with Crippen LogP contribution in [0.5, 0.6) is 11.5 Å².